The van der Waals surface area contributed by atoms with Crippen molar-refractivity contribution in [2.24, 2.45) is 29.2 Å². The Morgan fingerprint density at radius 3 is 1.89 bits per heavy atom. The van der Waals surface area contributed by atoms with E-state index in [1.807, 2.05) is 71.9 Å². The number of rotatable bonds is 24. The lowest BCUT2D eigenvalue weighted by Gasteiger charge is -2.34. The van der Waals surface area contributed by atoms with E-state index in [1.54, 1.807) is 0 Å². The standard InChI is InChI=1S/C36H65N5O4/c1-8-9-10-11-12-13-14-15-19-22-32(42)45-31(24-39-41(25-26(2)3)36(44)34(38)28(6)7)30(23-29-20-17-16-18-21-29)40-35(43)33(37)27(4)5/h16-18,20-21,26-28,30-31,33-34,39H,8-15,19,22-25,37-38H2,1-7H3,(H,40,43)/t30?,31?,33-,34-/m0/s1. The van der Waals surface area contributed by atoms with Gasteiger partial charge in [0, 0.05) is 13.0 Å². The summed E-state index contributed by atoms with van der Waals surface area (Å²) in [5.41, 5.74) is 16.7. The molecule has 6 N–H and O–H groups in total. The first-order valence-corrected chi connectivity index (χ1v) is 17.5. The minimum atomic E-state index is -0.752. The van der Waals surface area contributed by atoms with E-state index < -0.39 is 24.2 Å². The molecule has 1 rings (SSSR count). The van der Waals surface area contributed by atoms with Gasteiger partial charge in [-0.15, -0.1) is 0 Å². The van der Waals surface area contributed by atoms with Gasteiger partial charge in [0.05, 0.1) is 24.7 Å². The summed E-state index contributed by atoms with van der Waals surface area (Å²) in [6.07, 6.45) is 10.4. The fourth-order valence-electron chi connectivity index (χ4n) is 5.06. The van der Waals surface area contributed by atoms with E-state index >= 15 is 0 Å². The van der Waals surface area contributed by atoms with Crippen molar-refractivity contribution in [1.82, 2.24) is 15.8 Å². The summed E-state index contributed by atoms with van der Waals surface area (Å²) in [5.74, 6) is -0.763. The van der Waals surface area contributed by atoms with Crippen LogP contribution in [0.2, 0.25) is 0 Å². The SMILES string of the molecule is CCCCCCCCCCCC(=O)OC(CNN(CC(C)C)C(=O)[C@@H](N)C(C)C)C(Cc1ccccc1)NC(=O)[C@@H](N)C(C)C. The van der Waals surface area contributed by atoms with E-state index in [0.29, 0.717) is 19.4 Å². The maximum atomic E-state index is 13.3. The van der Waals surface area contributed by atoms with Crippen molar-refractivity contribution in [3.63, 3.8) is 0 Å². The highest BCUT2D eigenvalue weighted by molar-refractivity contribution is 5.82. The summed E-state index contributed by atoms with van der Waals surface area (Å²) < 4.78 is 6.11. The van der Waals surface area contributed by atoms with Crippen LogP contribution in [0, 0.1) is 17.8 Å². The molecule has 2 amide bonds. The number of ether oxygens (including phenoxy) is 1. The van der Waals surface area contributed by atoms with E-state index in [1.165, 1.54) is 43.5 Å². The van der Waals surface area contributed by atoms with Crippen molar-refractivity contribution in [1.29, 1.82) is 0 Å². The summed E-state index contributed by atoms with van der Waals surface area (Å²) in [4.78, 5) is 39.7. The molecule has 258 valence electrons. The van der Waals surface area contributed by atoms with Crippen LogP contribution in [0.5, 0.6) is 0 Å². The molecule has 0 aliphatic carbocycles. The highest BCUT2D eigenvalue weighted by Gasteiger charge is 2.32. The smallest absolute Gasteiger partial charge is 0.306 e. The number of nitrogens with zero attached hydrogens (tertiary/aromatic N) is 1. The van der Waals surface area contributed by atoms with Crippen LogP contribution in [0.4, 0.5) is 0 Å². The summed E-state index contributed by atoms with van der Waals surface area (Å²) >= 11 is 0. The molecule has 0 aromatic heterocycles. The maximum Gasteiger partial charge on any atom is 0.306 e. The molecule has 0 heterocycles. The van der Waals surface area contributed by atoms with Crippen molar-refractivity contribution in [2.75, 3.05) is 13.1 Å². The van der Waals surface area contributed by atoms with E-state index in [0.717, 1.165) is 24.8 Å². The van der Waals surface area contributed by atoms with Gasteiger partial charge < -0.3 is 21.5 Å². The zero-order valence-corrected chi connectivity index (χ0v) is 29.4. The summed E-state index contributed by atoms with van der Waals surface area (Å²) in [6, 6.07) is 7.81. The number of amides is 2. The fourth-order valence-corrected chi connectivity index (χ4v) is 5.06. The first kappa shape index (κ1) is 40.5. The fraction of sp³-hybridized carbons (Fsp3) is 0.750. The Hall–Kier alpha value is -2.49. The average Bonchev–Trinajstić information content (AvgIpc) is 3.00. The molecule has 1 aromatic carbocycles. The van der Waals surface area contributed by atoms with Crippen LogP contribution in [0.15, 0.2) is 30.3 Å². The second kappa shape index (κ2) is 22.9. The van der Waals surface area contributed by atoms with E-state index in [-0.39, 0.29) is 42.1 Å². The lowest BCUT2D eigenvalue weighted by molar-refractivity contribution is -0.152. The quantitative estimate of drug-likeness (QED) is 0.0671. The summed E-state index contributed by atoms with van der Waals surface area (Å²) in [6.45, 7) is 14.5. The van der Waals surface area contributed by atoms with Crippen LogP contribution in [0.1, 0.15) is 118 Å². The van der Waals surface area contributed by atoms with Gasteiger partial charge in [-0.3, -0.25) is 19.4 Å². The minimum absolute atomic E-state index is 0.0402. The predicted molar refractivity (Wildman–Crippen MR) is 184 cm³/mol. The molecule has 0 saturated heterocycles. The molecule has 0 spiro atoms. The third kappa shape index (κ3) is 17.1. The number of esters is 1. The molecular weight excluding hydrogens is 566 g/mol. The van der Waals surface area contributed by atoms with Crippen molar-refractivity contribution in [2.45, 2.75) is 143 Å². The number of hydrogen-bond donors (Lipinski definition) is 4. The number of benzene rings is 1. The second-order valence-corrected chi connectivity index (χ2v) is 13.7. The second-order valence-electron chi connectivity index (χ2n) is 13.7. The topological polar surface area (TPSA) is 140 Å². The summed E-state index contributed by atoms with van der Waals surface area (Å²) in [7, 11) is 0. The number of carbonyl (C=O) groups excluding carboxylic acids is 3. The van der Waals surface area contributed by atoms with E-state index in [2.05, 4.69) is 17.7 Å². The van der Waals surface area contributed by atoms with Crippen molar-refractivity contribution >= 4 is 17.8 Å². The van der Waals surface area contributed by atoms with Gasteiger partial charge in [-0.05, 0) is 36.2 Å². The number of hydrogen-bond acceptors (Lipinski definition) is 7. The minimum Gasteiger partial charge on any atom is -0.459 e. The molecule has 45 heavy (non-hydrogen) atoms. The van der Waals surface area contributed by atoms with Gasteiger partial charge in [-0.25, -0.2) is 5.43 Å². The molecule has 0 aliphatic rings. The van der Waals surface area contributed by atoms with Gasteiger partial charge in [0.25, 0.3) is 5.91 Å². The third-order valence-corrected chi connectivity index (χ3v) is 8.16. The van der Waals surface area contributed by atoms with Crippen LogP contribution in [-0.2, 0) is 25.5 Å². The molecule has 1 aromatic rings. The first-order valence-electron chi connectivity index (χ1n) is 17.5. The monoisotopic (exact) mass is 632 g/mol. The Kier molecular flexibility index (Phi) is 20.7. The Labute approximate surface area is 273 Å². The highest BCUT2D eigenvalue weighted by atomic mass is 16.5. The van der Waals surface area contributed by atoms with Crippen molar-refractivity contribution in [3.8, 4) is 0 Å². The van der Waals surface area contributed by atoms with Gasteiger partial charge in [0.1, 0.15) is 6.10 Å². The lowest BCUT2D eigenvalue weighted by atomic mass is 9.98. The largest absolute Gasteiger partial charge is 0.459 e. The average molecular weight is 632 g/mol. The first-order chi connectivity index (χ1) is 21.4. The molecule has 0 radical (unpaired) electrons. The van der Waals surface area contributed by atoms with Gasteiger partial charge in [0.15, 0.2) is 0 Å². The Morgan fingerprint density at radius 1 is 0.800 bits per heavy atom. The number of nitrogens with two attached hydrogens (primary N) is 2. The van der Waals surface area contributed by atoms with Crippen molar-refractivity contribution in [3.05, 3.63) is 35.9 Å². The molecule has 4 atom stereocenters. The highest BCUT2D eigenvalue weighted by Crippen LogP contribution is 2.15. The zero-order valence-electron chi connectivity index (χ0n) is 29.4. The Bertz CT molecular complexity index is 956. The summed E-state index contributed by atoms with van der Waals surface area (Å²) in [5, 5.41) is 4.62. The molecule has 9 nitrogen and oxygen atoms in total. The number of carbonyl (C=O) groups is 3. The van der Waals surface area contributed by atoms with Gasteiger partial charge in [-0.1, -0.05) is 130 Å². The number of hydrazine groups is 1. The third-order valence-electron chi connectivity index (χ3n) is 8.16. The lowest BCUT2D eigenvalue weighted by Crippen LogP contribution is -2.59. The Morgan fingerprint density at radius 2 is 1.36 bits per heavy atom. The van der Waals surface area contributed by atoms with Crippen LogP contribution in [-0.4, -0.2) is 60.1 Å². The maximum absolute atomic E-state index is 13.3. The molecule has 9 heteroatoms. The van der Waals surface area contributed by atoms with E-state index in [9.17, 15) is 14.4 Å². The van der Waals surface area contributed by atoms with E-state index in [4.69, 9.17) is 16.2 Å². The zero-order chi connectivity index (χ0) is 33.8. The normalized spacial score (nSPS) is 14.3. The molecule has 0 fully saturated rings. The molecule has 0 bridgehead atoms. The van der Waals surface area contributed by atoms with Gasteiger partial charge in [0.2, 0.25) is 5.91 Å². The van der Waals surface area contributed by atoms with Crippen LogP contribution in [0.25, 0.3) is 0 Å². The van der Waals surface area contributed by atoms with Gasteiger partial charge >= 0.3 is 5.97 Å². The van der Waals surface area contributed by atoms with Crippen LogP contribution in [0.3, 0.4) is 0 Å². The molecular formula is C36H65N5O4. The molecule has 2 unspecified atom stereocenters. The molecule has 0 saturated carbocycles. The number of unbranched alkanes of at least 4 members (excludes halogenated alkanes) is 8. The predicted octanol–water partition coefficient (Wildman–Crippen LogP) is 5.50. The van der Waals surface area contributed by atoms with Crippen molar-refractivity contribution < 1.29 is 19.1 Å². The van der Waals surface area contributed by atoms with Crippen LogP contribution < -0.4 is 22.2 Å². The van der Waals surface area contributed by atoms with Gasteiger partial charge in [-0.2, -0.15) is 0 Å². The molecule has 0 aliphatic heterocycles. The number of nitrogens with one attached hydrogen (secondary N) is 2. The Balaban J connectivity index is 3.12. The van der Waals surface area contributed by atoms with Crippen LogP contribution >= 0.6 is 0 Å².